The SMILES string of the molecule is CCNC(=NCCCCOc1ccccc1)N1CCOC(C2CCCO2)C1. The van der Waals surface area contributed by atoms with E-state index < -0.39 is 0 Å². The highest BCUT2D eigenvalue weighted by molar-refractivity contribution is 5.80. The fourth-order valence-corrected chi connectivity index (χ4v) is 3.52. The number of aliphatic imine (C=N–C) groups is 1. The fourth-order valence-electron chi connectivity index (χ4n) is 3.52. The lowest BCUT2D eigenvalue weighted by molar-refractivity contribution is -0.0817. The molecule has 0 amide bonds. The first-order valence-electron chi connectivity index (χ1n) is 10.3. The largest absolute Gasteiger partial charge is 0.494 e. The molecule has 1 aromatic carbocycles. The molecular formula is C21H33N3O3. The van der Waals surface area contributed by atoms with Crippen LogP contribution in [0.15, 0.2) is 35.3 Å². The molecule has 0 saturated carbocycles. The van der Waals surface area contributed by atoms with Crippen molar-refractivity contribution in [1.29, 1.82) is 0 Å². The molecule has 2 heterocycles. The first kappa shape index (κ1) is 20.0. The Bertz CT molecular complexity index is 561. The van der Waals surface area contributed by atoms with Gasteiger partial charge < -0.3 is 24.4 Å². The van der Waals surface area contributed by atoms with Gasteiger partial charge >= 0.3 is 0 Å². The second-order valence-corrected chi connectivity index (χ2v) is 7.01. The molecule has 2 saturated heterocycles. The maximum Gasteiger partial charge on any atom is 0.194 e. The molecule has 3 rings (SSSR count). The molecule has 2 atom stereocenters. The summed E-state index contributed by atoms with van der Waals surface area (Å²) < 4.78 is 17.5. The lowest BCUT2D eigenvalue weighted by Crippen LogP contribution is -2.53. The smallest absolute Gasteiger partial charge is 0.194 e. The Balaban J connectivity index is 1.41. The lowest BCUT2D eigenvalue weighted by atomic mass is 10.1. The average Bonchev–Trinajstić information content (AvgIpc) is 3.25. The van der Waals surface area contributed by atoms with Crippen LogP contribution in [0.3, 0.4) is 0 Å². The molecule has 0 aromatic heterocycles. The van der Waals surface area contributed by atoms with E-state index in [0.29, 0.717) is 0 Å². The lowest BCUT2D eigenvalue weighted by Gasteiger charge is -2.37. The minimum Gasteiger partial charge on any atom is -0.494 e. The number of unbranched alkanes of at least 4 members (excludes halogenated alkanes) is 1. The normalized spacial score (nSPS) is 23.4. The molecule has 6 heteroatoms. The molecule has 2 aliphatic heterocycles. The van der Waals surface area contributed by atoms with Gasteiger partial charge in [-0.2, -0.15) is 0 Å². The van der Waals surface area contributed by atoms with Gasteiger partial charge in [0.25, 0.3) is 0 Å². The number of para-hydroxylation sites is 1. The van der Waals surface area contributed by atoms with Crippen LogP contribution in [-0.2, 0) is 9.47 Å². The monoisotopic (exact) mass is 375 g/mol. The van der Waals surface area contributed by atoms with Gasteiger partial charge in [0.1, 0.15) is 11.9 Å². The maximum absolute atomic E-state index is 5.95. The van der Waals surface area contributed by atoms with Gasteiger partial charge in [-0.3, -0.25) is 4.99 Å². The van der Waals surface area contributed by atoms with Crippen LogP contribution in [0.2, 0.25) is 0 Å². The van der Waals surface area contributed by atoms with Gasteiger partial charge in [-0.15, -0.1) is 0 Å². The predicted molar refractivity (Wildman–Crippen MR) is 107 cm³/mol. The summed E-state index contributed by atoms with van der Waals surface area (Å²) in [4.78, 5) is 7.14. The maximum atomic E-state index is 5.95. The third-order valence-corrected chi connectivity index (χ3v) is 4.93. The number of ether oxygens (including phenoxy) is 3. The fraction of sp³-hybridized carbons (Fsp3) is 0.667. The summed E-state index contributed by atoms with van der Waals surface area (Å²) in [6.07, 6.45) is 4.66. The van der Waals surface area contributed by atoms with E-state index in [2.05, 4.69) is 17.1 Å². The highest BCUT2D eigenvalue weighted by Gasteiger charge is 2.32. The molecule has 2 unspecified atom stereocenters. The first-order valence-corrected chi connectivity index (χ1v) is 10.3. The highest BCUT2D eigenvalue weighted by atomic mass is 16.5. The zero-order valence-electron chi connectivity index (χ0n) is 16.4. The van der Waals surface area contributed by atoms with Crippen molar-refractivity contribution in [3.8, 4) is 5.75 Å². The highest BCUT2D eigenvalue weighted by Crippen LogP contribution is 2.21. The number of guanidine groups is 1. The van der Waals surface area contributed by atoms with Crippen molar-refractivity contribution < 1.29 is 14.2 Å². The Hall–Kier alpha value is -1.79. The van der Waals surface area contributed by atoms with Crippen LogP contribution in [0.1, 0.15) is 32.6 Å². The van der Waals surface area contributed by atoms with Crippen molar-refractivity contribution in [2.24, 2.45) is 4.99 Å². The van der Waals surface area contributed by atoms with E-state index in [-0.39, 0.29) is 12.2 Å². The molecule has 2 fully saturated rings. The molecule has 150 valence electrons. The van der Waals surface area contributed by atoms with E-state index in [9.17, 15) is 0 Å². The quantitative estimate of drug-likeness (QED) is 0.430. The third-order valence-electron chi connectivity index (χ3n) is 4.93. The molecule has 1 N–H and O–H groups in total. The number of rotatable bonds is 8. The predicted octanol–water partition coefficient (Wildman–Crippen LogP) is 2.69. The number of hydrogen-bond acceptors (Lipinski definition) is 4. The van der Waals surface area contributed by atoms with Gasteiger partial charge in [0, 0.05) is 32.8 Å². The van der Waals surface area contributed by atoms with Crippen molar-refractivity contribution in [3.63, 3.8) is 0 Å². The van der Waals surface area contributed by atoms with E-state index in [4.69, 9.17) is 19.2 Å². The van der Waals surface area contributed by atoms with Gasteiger partial charge in [-0.25, -0.2) is 0 Å². The van der Waals surface area contributed by atoms with Gasteiger partial charge in [0.2, 0.25) is 0 Å². The van der Waals surface area contributed by atoms with Crippen molar-refractivity contribution in [2.75, 3.05) is 46.0 Å². The van der Waals surface area contributed by atoms with E-state index in [1.807, 2.05) is 30.3 Å². The van der Waals surface area contributed by atoms with Crippen molar-refractivity contribution in [2.45, 2.75) is 44.8 Å². The molecule has 1 aromatic rings. The van der Waals surface area contributed by atoms with Gasteiger partial charge in [-0.05, 0) is 44.7 Å². The zero-order valence-corrected chi connectivity index (χ0v) is 16.4. The average molecular weight is 376 g/mol. The summed E-state index contributed by atoms with van der Waals surface area (Å²) in [6.45, 7) is 7.86. The second-order valence-electron chi connectivity index (χ2n) is 7.01. The molecule has 6 nitrogen and oxygen atoms in total. The Morgan fingerprint density at radius 2 is 2.04 bits per heavy atom. The van der Waals surface area contributed by atoms with Crippen molar-refractivity contribution in [3.05, 3.63) is 30.3 Å². The number of nitrogens with one attached hydrogen (secondary N) is 1. The van der Waals surface area contributed by atoms with Crippen molar-refractivity contribution in [1.82, 2.24) is 10.2 Å². The van der Waals surface area contributed by atoms with Crippen LogP contribution < -0.4 is 10.1 Å². The van der Waals surface area contributed by atoms with Crippen LogP contribution in [-0.4, -0.2) is 69.1 Å². The summed E-state index contributed by atoms with van der Waals surface area (Å²) in [7, 11) is 0. The van der Waals surface area contributed by atoms with E-state index in [1.54, 1.807) is 0 Å². The number of nitrogens with zero attached hydrogens (tertiary/aromatic N) is 2. The Morgan fingerprint density at radius 1 is 1.19 bits per heavy atom. The standard InChI is InChI=1S/C21H33N3O3/c1-2-22-21(23-12-6-7-14-25-18-9-4-3-5-10-18)24-13-16-27-20(17-24)19-11-8-15-26-19/h3-5,9-10,19-20H,2,6-8,11-17H2,1H3,(H,22,23). The minimum atomic E-state index is 0.157. The van der Waals surface area contributed by atoms with Crippen LogP contribution in [0.4, 0.5) is 0 Å². The minimum absolute atomic E-state index is 0.157. The number of hydrogen-bond donors (Lipinski definition) is 1. The van der Waals surface area contributed by atoms with Crippen LogP contribution >= 0.6 is 0 Å². The molecule has 27 heavy (non-hydrogen) atoms. The number of morpholine rings is 1. The van der Waals surface area contributed by atoms with Gasteiger partial charge in [0.15, 0.2) is 5.96 Å². The molecule has 0 radical (unpaired) electrons. The molecular weight excluding hydrogens is 342 g/mol. The van der Waals surface area contributed by atoms with Crippen LogP contribution in [0, 0.1) is 0 Å². The molecule has 0 bridgehead atoms. The molecule has 2 aliphatic rings. The summed E-state index contributed by atoms with van der Waals surface area (Å²) >= 11 is 0. The third kappa shape index (κ3) is 6.40. The molecule has 0 aliphatic carbocycles. The Kier molecular flexibility index (Phi) is 8.24. The van der Waals surface area contributed by atoms with Crippen LogP contribution in [0.25, 0.3) is 0 Å². The van der Waals surface area contributed by atoms with E-state index in [0.717, 1.165) is 83.4 Å². The van der Waals surface area contributed by atoms with Gasteiger partial charge in [0.05, 0.1) is 19.3 Å². The second kappa shape index (κ2) is 11.1. The first-order chi connectivity index (χ1) is 13.4. The van der Waals surface area contributed by atoms with Crippen LogP contribution in [0.5, 0.6) is 5.75 Å². The van der Waals surface area contributed by atoms with E-state index >= 15 is 0 Å². The Labute approximate surface area is 162 Å². The summed E-state index contributed by atoms with van der Waals surface area (Å²) in [5.41, 5.74) is 0. The molecule has 0 spiro atoms. The summed E-state index contributed by atoms with van der Waals surface area (Å²) in [6, 6.07) is 9.97. The topological polar surface area (TPSA) is 55.3 Å². The summed E-state index contributed by atoms with van der Waals surface area (Å²) in [5, 5.41) is 3.43. The summed E-state index contributed by atoms with van der Waals surface area (Å²) in [5.74, 6) is 1.93. The van der Waals surface area contributed by atoms with E-state index in [1.165, 1.54) is 0 Å². The Morgan fingerprint density at radius 3 is 2.81 bits per heavy atom. The van der Waals surface area contributed by atoms with Gasteiger partial charge in [-0.1, -0.05) is 18.2 Å². The zero-order chi connectivity index (χ0) is 18.7. The van der Waals surface area contributed by atoms with Crippen molar-refractivity contribution >= 4 is 5.96 Å². The number of benzene rings is 1.